The molecule has 38 heavy (non-hydrogen) atoms. The van der Waals surface area contributed by atoms with Gasteiger partial charge < -0.3 is 15.2 Å². The molecular weight excluding hydrogens is 544 g/mol. The third-order valence-electron chi connectivity index (χ3n) is 6.28. The molecule has 2 aromatic rings. The number of nitrogens with zero attached hydrogens (tertiary/aromatic N) is 3. The minimum atomic E-state index is -3.08. The number of hydrogen-bond acceptors (Lipinski definition) is 6. The summed E-state index contributed by atoms with van der Waals surface area (Å²) in [7, 11) is 0. The van der Waals surface area contributed by atoms with E-state index in [2.05, 4.69) is 20.1 Å². The predicted molar refractivity (Wildman–Crippen MR) is 139 cm³/mol. The van der Waals surface area contributed by atoms with E-state index in [1.54, 1.807) is 6.92 Å². The molecular formula is C24H34ClF2N5O5S. The quantitative estimate of drug-likeness (QED) is 0.314. The van der Waals surface area contributed by atoms with Crippen molar-refractivity contribution in [3.8, 4) is 17.0 Å². The number of hydrogen-bond donors (Lipinski definition) is 4. The zero-order chi connectivity index (χ0) is 28.3. The van der Waals surface area contributed by atoms with Crippen molar-refractivity contribution in [1.29, 1.82) is 0 Å². The summed E-state index contributed by atoms with van der Waals surface area (Å²) >= 11 is 4.44. The summed E-state index contributed by atoms with van der Waals surface area (Å²) < 4.78 is 55.2. The van der Waals surface area contributed by atoms with Crippen LogP contribution >= 0.6 is 11.6 Å². The molecule has 1 aliphatic rings. The lowest BCUT2D eigenvalue weighted by atomic mass is 9.82. The molecule has 4 N–H and O–H groups in total. The second-order valence-corrected chi connectivity index (χ2v) is 11.8. The van der Waals surface area contributed by atoms with Gasteiger partial charge >= 0.3 is 6.61 Å². The molecule has 1 aliphatic carbocycles. The average Bonchev–Trinajstić information content (AvgIpc) is 3.14. The van der Waals surface area contributed by atoms with Crippen molar-refractivity contribution in [3.05, 3.63) is 28.7 Å². The van der Waals surface area contributed by atoms with Gasteiger partial charge in [0, 0.05) is 37.1 Å². The fourth-order valence-electron chi connectivity index (χ4n) is 4.48. The fraction of sp³-hybridized carbons (Fsp3) is 0.625. The van der Waals surface area contributed by atoms with E-state index in [-0.39, 0.29) is 52.3 Å². The molecule has 0 aliphatic heterocycles. The summed E-state index contributed by atoms with van der Waals surface area (Å²) in [6.45, 7) is 4.89. The molecule has 1 fully saturated rings. The zero-order valence-electron chi connectivity index (χ0n) is 21.8. The number of rotatable bonds is 10. The third-order valence-corrected chi connectivity index (χ3v) is 7.17. The van der Waals surface area contributed by atoms with Crippen LogP contribution in [-0.4, -0.2) is 59.3 Å². The summed E-state index contributed by atoms with van der Waals surface area (Å²) in [4.78, 5) is 17.4. The molecule has 0 radical (unpaired) electrons. The molecule has 0 saturated heterocycles. The number of halogens is 3. The lowest BCUT2D eigenvalue weighted by Gasteiger charge is -2.35. The van der Waals surface area contributed by atoms with E-state index in [0.717, 1.165) is 0 Å². The van der Waals surface area contributed by atoms with Gasteiger partial charge in [-0.15, -0.1) is 0 Å². The minimum Gasteiger partial charge on any atom is -0.434 e. The number of aliphatic hydroxyl groups is 1. The summed E-state index contributed by atoms with van der Waals surface area (Å²) in [5, 5.41) is 17.8. The zero-order valence-corrected chi connectivity index (χ0v) is 23.3. The Morgan fingerprint density at radius 3 is 2.58 bits per heavy atom. The lowest BCUT2D eigenvalue weighted by molar-refractivity contribution is -0.0495. The Morgan fingerprint density at radius 2 is 2.03 bits per heavy atom. The third kappa shape index (κ3) is 7.92. The number of aryl methyl sites for hydroxylation is 1. The fourth-order valence-corrected chi connectivity index (χ4v) is 5.32. The maximum atomic E-state index is 13.3. The van der Waals surface area contributed by atoms with Crippen LogP contribution in [0.2, 0.25) is 5.02 Å². The monoisotopic (exact) mass is 577 g/mol. The summed E-state index contributed by atoms with van der Waals surface area (Å²) in [6, 6.07) is 1.24. The van der Waals surface area contributed by atoms with E-state index in [4.69, 9.17) is 20.9 Å². The topological polar surface area (TPSA) is 139 Å². The van der Waals surface area contributed by atoms with Crippen LogP contribution in [0.15, 0.2) is 12.3 Å². The SMILES string of the molecule is CCn1nc(C(=O)NCC2(O)CCC(NS(=O)O)CC2)c(Cl)c1-c1cnc(CC(C)(C)C)cc1OC(F)F. The highest BCUT2D eigenvalue weighted by molar-refractivity contribution is 7.77. The highest BCUT2D eigenvalue weighted by atomic mass is 35.5. The molecule has 14 heteroatoms. The first-order valence-electron chi connectivity index (χ1n) is 12.3. The number of nitrogens with one attached hydrogen (secondary N) is 2. The number of carbonyl (C=O) groups is 1. The summed E-state index contributed by atoms with van der Waals surface area (Å²) in [6.07, 6.45) is 3.46. The number of pyridine rings is 1. The van der Waals surface area contributed by atoms with Crippen LogP contribution in [0.3, 0.4) is 0 Å². The molecule has 0 spiro atoms. The highest BCUT2D eigenvalue weighted by Crippen LogP contribution is 2.38. The Hall–Kier alpha value is -2.19. The van der Waals surface area contributed by atoms with Gasteiger partial charge in [0.15, 0.2) is 5.69 Å². The van der Waals surface area contributed by atoms with Gasteiger partial charge in [-0.25, -0.2) is 8.93 Å². The second-order valence-electron chi connectivity index (χ2n) is 10.7. The molecule has 212 valence electrons. The van der Waals surface area contributed by atoms with Gasteiger partial charge in [-0.1, -0.05) is 32.4 Å². The Bertz CT molecular complexity index is 1170. The molecule has 1 amide bonds. The Balaban J connectivity index is 1.83. The molecule has 2 aromatic heterocycles. The van der Waals surface area contributed by atoms with Gasteiger partial charge in [0.1, 0.15) is 5.75 Å². The number of carbonyl (C=O) groups excluding carboxylic acids is 1. The maximum Gasteiger partial charge on any atom is 0.387 e. The molecule has 1 saturated carbocycles. The molecule has 10 nitrogen and oxygen atoms in total. The van der Waals surface area contributed by atoms with E-state index in [0.29, 0.717) is 37.8 Å². The van der Waals surface area contributed by atoms with Crippen molar-refractivity contribution in [2.45, 2.75) is 84.6 Å². The molecule has 0 aromatic carbocycles. The summed E-state index contributed by atoms with van der Waals surface area (Å²) in [5.74, 6) is -0.761. The van der Waals surface area contributed by atoms with Crippen molar-refractivity contribution in [2.75, 3.05) is 6.54 Å². The van der Waals surface area contributed by atoms with Crippen LogP contribution in [-0.2, 0) is 24.2 Å². The number of aromatic nitrogens is 3. The smallest absolute Gasteiger partial charge is 0.387 e. The standard InChI is InChI=1S/C24H34ClF2N5O5S/c1-5-32-20(16-12-28-15(11-23(2,3)4)10-17(16)37-22(26)27)18(25)19(30-32)21(33)29-13-24(34)8-6-14(7-9-24)31-38(35)36/h10,12,14,22,31,34H,5-9,11,13H2,1-4H3,(H,29,33)(H,35,36). The second kappa shape index (κ2) is 12.3. The molecule has 1 atom stereocenters. The first-order valence-corrected chi connectivity index (χ1v) is 13.8. The number of alkyl halides is 2. The average molecular weight is 578 g/mol. The van der Waals surface area contributed by atoms with Crippen LogP contribution in [0.5, 0.6) is 5.75 Å². The van der Waals surface area contributed by atoms with Crippen molar-refractivity contribution in [2.24, 2.45) is 5.41 Å². The Labute approximate surface area is 227 Å². The van der Waals surface area contributed by atoms with Crippen LogP contribution in [0, 0.1) is 5.41 Å². The minimum absolute atomic E-state index is 0.0563. The number of amides is 1. The molecule has 0 bridgehead atoms. The van der Waals surface area contributed by atoms with Gasteiger partial charge in [0.2, 0.25) is 11.3 Å². The summed E-state index contributed by atoms with van der Waals surface area (Å²) in [5.41, 5.74) is -0.503. The van der Waals surface area contributed by atoms with E-state index in [9.17, 15) is 22.9 Å². The van der Waals surface area contributed by atoms with Crippen LogP contribution in [0.25, 0.3) is 11.3 Å². The first-order chi connectivity index (χ1) is 17.7. The van der Waals surface area contributed by atoms with Crippen molar-refractivity contribution in [1.82, 2.24) is 24.8 Å². The van der Waals surface area contributed by atoms with Crippen molar-refractivity contribution in [3.63, 3.8) is 0 Å². The van der Waals surface area contributed by atoms with Crippen LogP contribution in [0.1, 0.15) is 69.6 Å². The van der Waals surface area contributed by atoms with Crippen LogP contribution in [0.4, 0.5) is 8.78 Å². The van der Waals surface area contributed by atoms with Gasteiger partial charge in [0.05, 0.1) is 21.9 Å². The Kier molecular flexibility index (Phi) is 9.85. The van der Waals surface area contributed by atoms with E-state index in [1.807, 2.05) is 20.8 Å². The van der Waals surface area contributed by atoms with Gasteiger partial charge in [0.25, 0.3) is 5.91 Å². The maximum absolute atomic E-state index is 13.3. The van der Waals surface area contributed by atoms with Gasteiger partial charge in [-0.2, -0.15) is 13.9 Å². The largest absolute Gasteiger partial charge is 0.434 e. The molecule has 1 unspecified atom stereocenters. The van der Waals surface area contributed by atoms with Gasteiger partial charge in [-0.05, 0) is 44.4 Å². The Morgan fingerprint density at radius 1 is 1.37 bits per heavy atom. The first kappa shape index (κ1) is 30.4. The number of ether oxygens (including phenoxy) is 1. The van der Waals surface area contributed by atoms with E-state index < -0.39 is 29.4 Å². The van der Waals surface area contributed by atoms with Crippen molar-refractivity contribution >= 4 is 28.8 Å². The predicted octanol–water partition coefficient (Wildman–Crippen LogP) is 3.94. The molecule has 3 rings (SSSR count). The van der Waals surface area contributed by atoms with E-state index >= 15 is 0 Å². The highest BCUT2D eigenvalue weighted by Gasteiger charge is 2.35. The molecule has 2 heterocycles. The van der Waals surface area contributed by atoms with Crippen LogP contribution < -0.4 is 14.8 Å². The van der Waals surface area contributed by atoms with Gasteiger partial charge in [-0.3, -0.25) is 19.0 Å². The lowest BCUT2D eigenvalue weighted by Crippen LogP contribution is -2.48. The normalized spacial score (nSPS) is 20.9. The van der Waals surface area contributed by atoms with Crippen molar-refractivity contribution < 1.29 is 32.2 Å². The van der Waals surface area contributed by atoms with E-state index in [1.165, 1.54) is 16.9 Å².